The minimum Gasteiger partial charge on any atom is -0.497 e. The number of aryl methyl sites for hydroxylation is 1. The van der Waals surface area contributed by atoms with Crippen LogP contribution in [0.2, 0.25) is 0 Å². The van der Waals surface area contributed by atoms with Crippen LogP contribution in [0.15, 0.2) is 18.2 Å². The van der Waals surface area contributed by atoms with Crippen molar-refractivity contribution < 1.29 is 9.13 Å². The number of halogens is 1. The van der Waals surface area contributed by atoms with Crippen LogP contribution in [0.4, 0.5) is 4.39 Å². The van der Waals surface area contributed by atoms with Crippen LogP contribution >= 0.6 is 0 Å². The maximum absolute atomic E-state index is 12.6. The van der Waals surface area contributed by atoms with Gasteiger partial charge in [0.1, 0.15) is 5.75 Å². The molecular weight excluding hydrogens is 179 g/mol. The molecule has 1 rings (SSSR count). The molecule has 1 unspecified atom stereocenters. The zero-order valence-corrected chi connectivity index (χ0v) is 9.01. The van der Waals surface area contributed by atoms with E-state index in [9.17, 15) is 4.39 Å². The number of ether oxygens (including phenoxy) is 1. The summed E-state index contributed by atoms with van der Waals surface area (Å²) in [4.78, 5) is 0. The number of alkyl halides is 1. The Morgan fingerprint density at radius 3 is 2.64 bits per heavy atom. The maximum atomic E-state index is 12.6. The van der Waals surface area contributed by atoms with Gasteiger partial charge < -0.3 is 4.74 Å². The standard InChI is InChI=1S/C12H17FO/c1-4-10-5-6-11(14-3)7-12(10)9(2)8-13/h5-7,9H,4,8H2,1-3H3. The highest BCUT2D eigenvalue weighted by atomic mass is 19.1. The summed E-state index contributed by atoms with van der Waals surface area (Å²) < 4.78 is 17.7. The first-order chi connectivity index (χ1) is 6.72. The topological polar surface area (TPSA) is 9.23 Å². The van der Waals surface area contributed by atoms with Gasteiger partial charge in [-0.2, -0.15) is 0 Å². The average Bonchev–Trinajstić information content (AvgIpc) is 2.27. The van der Waals surface area contributed by atoms with Crippen molar-refractivity contribution in [2.75, 3.05) is 13.8 Å². The molecule has 0 radical (unpaired) electrons. The van der Waals surface area contributed by atoms with Crippen LogP contribution in [0.5, 0.6) is 5.75 Å². The second-order valence-electron chi connectivity index (χ2n) is 3.47. The van der Waals surface area contributed by atoms with Gasteiger partial charge in [0.05, 0.1) is 13.8 Å². The van der Waals surface area contributed by atoms with E-state index in [0.717, 1.165) is 17.7 Å². The Labute approximate surface area is 84.9 Å². The van der Waals surface area contributed by atoms with Crippen LogP contribution < -0.4 is 4.74 Å². The fourth-order valence-electron chi connectivity index (χ4n) is 1.56. The third-order valence-corrected chi connectivity index (χ3v) is 2.50. The molecule has 78 valence electrons. The normalized spacial score (nSPS) is 12.6. The van der Waals surface area contributed by atoms with Crippen molar-refractivity contribution in [1.82, 2.24) is 0 Å². The number of hydrogen-bond acceptors (Lipinski definition) is 1. The highest BCUT2D eigenvalue weighted by Crippen LogP contribution is 2.25. The van der Waals surface area contributed by atoms with Crippen molar-refractivity contribution in [2.24, 2.45) is 0 Å². The number of hydrogen-bond donors (Lipinski definition) is 0. The lowest BCUT2D eigenvalue weighted by Gasteiger charge is -2.14. The Morgan fingerprint density at radius 1 is 1.43 bits per heavy atom. The zero-order valence-electron chi connectivity index (χ0n) is 9.01. The van der Waals surface area contributed by atoms with Crippen molar-refractivity contribution in [3.8, 4) is 5.75 Å². The quantitative estimate of drug-likeness (QED) is 0.717. The van der Waals surface area contributed by atoms with E-state index < -0.39 is 0 Å². The second-order valence-corrected chi connectivity index (χ2v) is 3.47. The first-order valence-electron chi connectivity index (χ1n) is 4.95. The van der Waals surface area contributed by atoms with Gasteiger partial charge in [0, 0.05) is 5.92 Å². The summed E-state index contributed by atoms with van der Waals surface area (Å²) in [7, 11) is 1.63. The molecule has 0 aliphatic rings. The highest BCUT2D eigenvalue weighted by Gasteiger charge is 2.10. The summed E-state index contributed by atoms with van der Waals surface area (Å²) in [6.07, 6.45) is 0.934. The molecule has 0 bridgehead atoms. The predicted octanol–water partition coefficient (Wildman–Crippen LogP) is 3.33. The molecule has 0 N–H and O–H groups in total. The molecule has 0 aliphatic heterocycles. The fraction of sp³-hybridized carbons (Fsp3) is 0.500. The number of methoxy groups -OCH3 is 1. The smallest absolute Gasteiger partial charge is 0.119 e. The molecule has 1 aromatic rings. The highest BCUT2D eigenvalue weighted by molar-refractivity contribution is 5.37. The van der Waals surface area contributed by atoms with Gasteiger partial charge >= 0.3 is 0 Å². The van der Waals surface area contributed by atoms with Gasteiger partial charge in [0.15, 0.2) is 0 Å². The zero-order chi connectivity index (χ0) is 10.6. The molecule has 0 aliphatic carbocycles. The SMILES string of the molecule is CCc1ccc(OC)cc1C(C)CF. The molecule has 0 amide bonds. The van der Waals surface area contributed by atoms with Crippen LogP contribution in [0.1, 0.15) is 30.9 Å². The summed E-state index contributed by atoms with van der Waals surface area (Å²) in [5, 5.41) is 0. The summed E-state index contributed by atoms with van der Waals surface area (Å²) in [5.74, 6) is 0.762. The molecule has 0 saturated heterocycles. The van der Waals surface area contributed by atoms with E-state index in [4.69, 9.17) is 4.74 Å². The third-order valence-electron chi connectivity index (χ3n) is 2.50. The predicted molar refractivity (Wildman–Crippen MR) is 56.8 cm³/mol. The second kappa shape index (κ2) is 4.99. The van der Waals surface area contributed by atoms with E-state index in [1.54, 1.807) is 7.11 Å². The molecule has 1 aromatic carbocycles. The maximum Gasteiger partial charge on any atom is 0.119 e. The van der Waals surface area contributed by atoms with Gasteiger partial charge in [-0.3, -0.25) is 4.39 Å². The summed E-state index contributed by atoms with van der Waals surface area (Å²) in [5.41, 5.74) is 2.27. The molecule has 0 heterocycles. The molecule has 14 heavy (non-hydrogen) atoms. The molecule has 0 saturated carbocycles. The Kier molecular flexibility index (Phi) is 3.93. The molecule has 0 aromatic heterocycles. The van der Waals surface area contributed by atoms with Crippen LogP contribution in [0.25, 0.3) is 0 Å². The van der Waals surface area contributed by atoms with Gasteiger partial charge in [0.25, 0.3) is 0 Å². The molecule has 1 atom stereocenters. The summed E-state index contributed by atoms with van der Waals surface area (Å²) >= 11 is 0. The largest absolute Gasteiger partial charge is 0.497 e. The van der Waals surface area contributed by atoms with Crippen molar-refractivity contribution in [1.29, 1.82) is 0 Å². The van der Waals surface area contributed by atoms with Gasteiger partial charge in [0.2, 0.25) is 0 Å². The van der Waals surface area contributed by atoms with E-state index in [1.807, 2.05) is 25.1 Å². The van der Waals surface area contributed by atoms with Crippen LogP contribution in [-0.2, 0) is 6.42 Å². The van der Waals surface area contributed by atoms with Crippen LogP contribution in [-0.4, -0.2) is 13.8 Å². The van der Waals surface area contributed by atoms with Gasteiger partial charge in [-0.25, -0.2) is 0 Å². The van der Waals surface area contributed by atoms with Crippen molar-refractivity contribution >= 4 is 0 Å². The van der Waals surface area contributed by atoms with Gasteiger partial charge in [-0.05, 0) is 29.7 Å². The van der Waals surface area contributed by atoms with E-state index in [2.05, 4.69) is 6.92 Å². The molecule has 1 nitrogen and oxygen atoms in total. The molecule has 0 spiro atoms. The van der Waals surface area contributed by atoms with Gasteiger partial charge in [-0.15, -0.1) is 0 Å². The summed E-state index contributed by atoms with van der Waals surface area (Å²) in [6, 6.07) is 5.87. The first-order valence-corrected chi connectivity index (χ1v) is 4.95. The van der Waals surface area contributed by atoms with E-state index >= 15 is 0 Å². The lowest BCUT2D eigenvalue weighted by molar-refractivity contribution is 0.411. The van der Waals surface area contributed by atoms with E-state index in [-0.39, 0.29) is 12.6 Å². The van der Waals surface area contributed by atoms with Crippen LogP contribution in [0, 0.1) is 0 Å². The van der Waals surface area contributed by atoms with E-state index in [1.165, 1.54) is 5.56 Å². The first kappa shape index (κ1) is 11.0. The molecule has 0 fully saturated rings. The van der Waals surface area contributed by atoms with Crippen molar-refractivity contribution in [3.63, 3.8) is 0 Å². The monoisotopic (exact) mass is 196 g/mol. The Hall–Kier alpha value is -1.05. The molecule has 2 heteroatoms. The summed E-state index contributed by atoms with van der Waals surface area (Å²) in [6.45, 7) is 3.66. The molecular formula is C12H17FO. The van der Waals surface area contributed by atoms with Gasteiger partial charge in [-0.1, -0.05) is 19.9 Å². The average molecular weight is 196 g/mol. The number of benzene rings is 1. The Bertz CT molecular complexity index is 296. The van der Waals surface area contributed by atoms with Crippen molar-refractivity contribution in [3.05, 3.63) is 29.3 Å². The Morgan fingerprint density at radius 2 is 2.14 bits per heavy atom. The Balaban J connectivity index is 3.08. The lowest BCUT2D eigenvalue weighted by atomic mass is 9.95. The van der Waals surface area contributed by atoms with Crippen LogP contribution in [0.3, 0.4) is 0 Å². The minimum atomic E-state index is -0.319. The minimum absolute atomic E-state index is 0.0416. The lowest BCUT2D eigenvalue weighted by Crippen LogP contribution is -2.01. The fourth-order valence-corrected chi connectivity index (χ4v) is 1.56. The van der Waals surface area contributed by atoms with Crippen molar-refractivity contribution in [2.45, 2.75) is 26.2 Å². The number of rotatable bonds is 4. The third kappa shape index (κ3) is 2.25. The van der Waals surface area contributed by atoms with E-state index in [0.29, 0.717) is 0 Å².